The predicted octanol–water partition coefficient (Wildman–Crippen LogP) is 0.732. The maximum atomic E-state index is 10.5. The molecular weight excluding hydrogens is 120 g/mol. The van der Waals surface area contributed by atoms with E-state index in [1.165, 1.54) is 6.92 Å². The zero-order chi connectivity index (χ0) is 7.44. The second-order valence-corrected chi connectivity index (χ2v) is 2.07. The summed E-state index contributed by atoms with van der Waals surface area (Å²) in [6.07, 6.45) is 0. The quantitative estimate of drug-likeness (QED) is 0.388. The minimum absolute atomic E-state index is 0.228. The minimum atomic E-state index is -0.547. The summed E-state index contributed by atoms with van der Waals surface area (Å²) in [5.74, 6) is -1.25. The third kappa shape index (κ3) is 3.70. The van der Waals surface area contributed by atoms with Crippen LogP contribution in [-0.4, -0.2) is 11.9 Å². The van der Waals surface area contributed by atoms with Crippen molar-refractivity contribution in [3.63, 3.8) is 0 Å². The van der Waals surface area contributed by atoms with Crippen LogP contribution < -0.4 is 0 Å². The molecule has 0 fully saturated rings. The molecule has 0 spiro atoms. The van der Waals surface area contributed by atoms with Gasteiger partial charge in [-0.1, -0.05) is 13.8 Å². The molecule has 0 rings (SSSR count). The van der Waals surface area contributed by atoms with E-state index >= 15 is 0 Å². The summed E-state index contributed by atoms with van der Waals surface area (Å²) >= 11 is 0. The van der Waals surface area contributed by atoms with E-state index in [0.29, 0.717) is 0 Å². The van der Waals surface area contributed by atoms with Crippen molar-refractivity contribution in [3.8, 4) is 0 Å². The van der Waals surface area contributed by atoms with Crippen LogP contribution >= 0.6 is 0 Å². The SMILES string of the molecule is CC(=O)OC(=O)C(C)C. The van der Waals surface area contributed by atoms with Gasteiger partial charge in [-0.15, -0.1) is 0 Å². The molecule has 0 atom stereocenters. The van der Waals surface area contributed by atoms with Gasteiger partial charge >= 0.3 is 11.9 Å². The third-order valence-corrected chi connectivity index (χ3v) is 0.716. The molecule has 3 nitrogen and oxygen atoms in total. The first-order chi connectivity index (χ1) is 4.04. The Kier molecular flexibility index (Phi) is 2.91. The lowest BCUT2D eigenvalue weighted by Gasteiger charge is -2.00. The Morgan fingerprint density at radius 1 is 1.33 bits per heavy atom. The van der Waals surface area contributed by atoms with Gasteiger partial charge in [0.2, 0.25) is 0 Å². The molecule has 0 aliphatic heterocycles. The zero-order valence-electron chi connectivity index (χ0n) is 5.80. The van der Waals surface area contributed by atoms with Gasteiger partial charge in [0.15, 0.2) is 0 Å². The number of carbonyl (C=O) groups excluding carboxylic acids is 2. The van der Waals surface area contributed by atoms with Crippen LogP contribution in [0.2, 0.25) is 0 Å². The summed E-state index contributed by atoms with van der Waals surface area (Å²) in [7, 11) is 0. The van der Waals surface area contributed by atoms with Gasteiger partial charge in [-0.2, -0.15) is 0 Å². The van der Waals surface area contributed by atoms with Gasteiger partial charge in [-0.3, -0.25) is 9.59 Å². The topological polar surface area (TPSA) is 43.4 Å². The fourth-order valence-electron chi connectivity index (χ4n) is 0.260. The molecule has 0 unspecified atom stereocenters. The number of rotatable bonds is 1. The van der Waals surface area contributed by atoms with Crippen LogP contribution in [0.3, 0.4) is 0 Å². The standard InChI is InChI=1S/C6H10O3/c1-4(2)6(8)9-5(3)7/h4H,1-3H3. The molecule has 0 saturated carbocycles. The van der Waals surface area contributed by atoms with Crippen LogP contribution in [0.1, 0.15) is 20.8 Å². The maximum absolute atomic E-state index is 10.5. The molecule has 0 bridgehead atoms. The van der Waals surface area contributed by atoms with Crippen molar-refractivity contribution < 1.29 is 14.3 Å². The molecule has 3 heteroatoms. The second kappa shape index (κ2) is 3.22. The van der Waals surface area contributed by atoms with Crippen molar-refractivity contribution in [1.29, 1.82) is 0 Å². The molecule has 0 aliphatic carbocycles. The molecule has 0 aromatic carbocycles. The van der Waals surface area contributed by atoms with Crippen LogP contribution in [0.5, 0.6) is 0 Å². The van der Waals surface area contributed by atoms with E-state index < -0.39 is 11.9 Å². The summed E-state index contributed by atoms with van der Waals surface area (Å²) in [6.45, 7) is 4.55. The van der Waals surface area contributed by atoms with E-state index in [1.54, 1.807) is 13.8 Å². The molecule has 52 valence electrons. The highest BCUT2D eigenvalue weighted by molar-refractivity contribution is 5.85. The fourth-order valence-corrected chi connectivity index (χ4v) is 0.260. The van der Waals surface area contributed by atoms with Crippen molar-refractivity contribution in [2.24, 2.45) is 5.92 Å². The lowest BCUT2D eigenvalue weighted by molar-refractivity contribution is -0.160. The molecule has 0 heterocycles. The van der Waals surface area contributed by atoms with Crippen LogP contribution in [-0.2, 0) is 14.3 Å². The number of hydrogen-bond acceptors (Lipinski definition) is 3. The second-order valence-electron chi connectivity index (χ2n) is 2.07. The molecule has 9 heavy (non-hydrogen) atoms. The molecule has 0 aliphatic rings. The van der Waals surface area contributed by atoms with Gasteiger partial charge in [-0.05, 0) is 0 Å². The monoisotopic (exact) mass is 130 g/mol. The van der Waals surface area contributed by atoms with Crippen molar-refractivity contribution in [2.45, 2.75) is 20.8 Å². The third-order valence-electron chi connectivity index (χ3n) is 0.716. The smallest absolute Gasteiger partial charge is 0.316 e. The number of ether oxygens (including phenoxy) is 1. The summed E-state index contributed by atoms with van der Waals surface area (Å²) in [5, 5.41) is 0. The van der Waals surface area contributed by atoms with E-state index in [1.807, 2.05) is 0 Å². The van der Waals surface area contributed by atoms with Gasteiger partial charge in [0, 0.05) is 6.92 Å². The van der Waals surface area contributed by atoms with Gasteiger partial charge in [-0.25, -0.2) is 0 Å². The van der Waals surface area contributed by atoms with Gasteiger partial charge in [0.1, 0.15) is 0 Å². The molecule has 0 aromatic rings. The Bertz CT molecular complexity index is 126. The Hall–Kier alpha value is -0.860. The zero-order valence-corrected chi connectivity index (χ0v) is 5.80. The van der Waals surface area contributed by atoms with E-state index in [0.717, 1.165) is 0 Å². The van der Waals surface area contributed by atoms with E-state index in [9.17, 15) is 9.59 Å². The Morgan fingerprint density at radius 3 is 1.89 bits per heavy atom. The first kappa shape index (κ1) is 8.14. The summed E-state index contributed by atoms with van der Waals surface area (Å²) < 4.78 is 4.23. The van der Waals surface area contributed by atoms with Crippen molar-refractivity contribution in [3.05, 3.63) is 0 Å². The lowest BCUT2D eigenvalue weighted by Crippen LogP contribution is -2.14. The van der Waals surface area contributed by atoms with Crippen LogP contribution in [0.15, 0.2) is 0 Å². The molecular formula is C6H10O3. The highest BCUT2D eigenvalue weighted by atomic mass is 16.6. The van der Waals surface area contributed by atoms with Crippen LogP contribution in [0.25, 0.3) is 0 Å². The molecule has 0 N–H and O–H groups in total. The fraction of sp³-hybridized carbons (Fsp3) is 0.667. The summed E-state index contributed by atoms with van der Waals surface area (Å²) in [6, 6.07) is 0. The van der Waals surface area contributed by atoms with E-state index in [2.05, 4.69) is 4.74 Å². The largest absolute Gasteiger partial charge is 0.393 e. The normalized spacial score (nSPS) is 9.33. The number of hydrogen-bond donors (Lipinski definition) is 0. The van der Waals surface area contributed by atoms with Gasteiger partial charge in [0.25, 0.3) is 0 Å². The van der Waals surface area contributed by atoms with E-state index in [-0.39, 0.29) is 5.92 Å². The minimum Gasteiger partial charge on any atom is -0.393 e. The van der Waals surface area contributed by atoms with E-state index in [4.69, 9.17) is 0 Å². The van der Waals surface area contributed by atoms with Crippen molar-refractivity contribution in [2.75, 3.05) is 0 Å². The predicted molar refractivity (Wildman–Crippen MR) is 31.6 cm³/mol. The average Bonchev–Trinajstić information content (AvgIpc) is 1.63. The average molecular weight is 130 g/mol. The van der Waals surface area contributed by atoms with Crippen LogP contribution in [0.4, 0.5) is 0 Å². The number of carbonyl (C=O) groups is 2. The Balaban J connectivity index is 3.64. The highest BCUT2D eigenvalue weighted by Gasteiger charge is 2.09. The van der Waals surface area contributed by atoms with Crippen molar-refractivity contribution in [1.82, 2.24) is 0 Å². The number of esters is 2. The highest BCUT2D eigenvalue weighted by Crippen LogP contribution is 1.94. The lowest BCUT2D eigenvalue weighted by atomic mass is 10.2. The van der Waals surface area contributed by atoms with Gasteiger partial charge < -0.3 is 4.74 Å². The maximum Gasteiger partial charge on any atom is 0.316 e. The van der Waals surface area contributed by atoms with Crippen molar-refractivity contribution >= 4 is 11.9 Å². The summed E-state index contributed by atoms with van der Waals surface area (Å²) in [5.41, 5.74) is 0. The first-order valence-electron chi connectivity index (χ1n) is 2.76. The Labute approximate surface area is 54.0 Å². The summed E-state index contributed by atoms with van der Waals surface area (Å²) in [4.78, 5) is 20.6. The molecule has 0 amide bonds. The van der Waals surface area contributed by atoms with Gasteiger partial charge in [0.05, 0.1) is 5.92 Å². The Morgan fingerprint density at radius 2 is 1.78 bits per heavy atom. The van der Waals surface area contributed by atoms with Crippen LogP contribution in [0, 0.1) is 5.92 Å². The molecule has 0 aromatic heterocycles. The molecule has 0 saturated heterocycles. The first-order valence-corrected chi connectivity index (χ1v) is 2.76. The molecule has 0 radical (unpaired) electrons.